The smallest absolute Gasteiger partial charge is 0.300 e. The summed E-state index contributed by atoms with van der Waals surface area (Å²) in [7, 11) is 0. The molecule has 4 N–H and O–H groups in total. The summed E-state index contributed by atoms with van der Waals surface area (Å²) in [6.07, 6.45) is 4.46. The molecule has 7 nitrogen and oxygen atoms in total. The topological polar surface area (TPSA) is 101 Å². The standard InChI is InChI=1S/C17H15N3O3.C7H13N.C4H10/c1-10(21)19-13-6-2-4-11(8-13)14-7-3-5-12-9-15(17(22)20-18)23-16(12)14;1-4-8-5-2-7(1)3-6-8;1-4(2)3/h2-9H,18H2,1H3,(H,19,21)(H,20,22);7H,1-6H2;4H,1-3H3. The third-order valence-corrected chi connectivity index (χ3v) is 5.95. The lowest BCUT2D eigenvalue weighted by Crippen LogP contribution is -2.41. The number of para-hydroxylation sites is 1. The molecule has 1 aromatic heterocycles. The van der Waals surface area contributed by atoms with Gasteiger partial charge >= 0.3 is 5.91 Å². The number of carbonyl (C=O) groups excluding carboxylic acids is 2. The van der Waals surface area contributed by atoms with E-state index in [9.17, 15) is 9.59 Å². The van der Waals surface area contributed by atoms with Crippen LogP contribution in [-0.4, -0.2) is 36.3 Å². The zero-order chi connectivity index (χ0) is 25.4. The van der Waals surface area contributed by atoms with Gasteiger partial charge in [0, 0.05) is 23.6 Å². The van der Waals surface area contributed by atoms with Gasteiger partial charge in [0.15, 0.2) is 5.76 Å². The van der Waals surface area contributed by atoms with Crippen molar-refractivity contribution < 1.29 is 14.0 Å². The molecule has 2 amide bonds. The van der Waals surface area contributed by atoms with Crippen LogP contribution in [0, 0.1) is 11.8 Å². The van der Waals surface area contributed by atoms with E-state index in [1.54, 1.807) is 12.1 Å². The normalized spacial score (nSPS) is 18.2. The van der Waals surface area contributed by atoms with Crippen LogP contribution in [0.2, 0.25) is 0 Å². The number of piperidine rings is 3. The van der Waals surface area contributed by atoms with E-state index in [2.05, 4.69) is 36.4 Å². The Balaban J connectivity index is 0.000000232. The maximum atomic E-state index is 11.6. The van der Waals surface area contributed by atoms with Gasteiger partial charge in [-0.3, -0.25) is 15.0 Å². The lowest BCUT2D eigenvalue weighted by atomic mass is 9.89. The summed E-state index contributed by atoms with van der Waals surface area (Å²) in [6, 6.07) is 14.7. The van der Waals surface area contributed by atoms with Gasteiger partial charge in [0.2, 0.25) is 5.91 Å². The largest absolute Gasteiger partial charge is 0.450 e. The number of nitrogens with one attached hydrogen (secondary N) is 2. The minimum Gasteiger partial charge on any atom is -0.450 e. The van der Waals surface area contributed by atoms with E-state index >= 15 is 0 Å². The van der Waals surface area contributed by atoms with Crippen LogP contribution in [0.15, 0.2) is 52.9 Å². The van der Waals surface area contributed by atoms with E-state index < -0.39 is 5.91 Å². The average molecular weight is 479 g/mol. The molecule has 7 heteroatoms. The highest BCUT2D eigenvalue weighted by Crippen LogP contribution is 2.32. The van der Waals surface area contributed by atoms with Crippen LogP contribution >= 0.6 is 0 Å². The Bertz CT molecular complexity index is 1100. The molecule has 2 aromatic carbocycles. The minimum absolute atomic E-state index is 0.139. The number of anilines is 1. The van der Waals surface area contributed by atoms with Crippen LogP contribution in [0.5, 0.6) is 0 Å². The number of benzene rings is 2. The fourth-order valence-corrected chi connectivity index (χ4v) is 4.31. The molecule has 0 saturated carbocycles. The summed E-state index contributed by atoms with van der Waals surface area (Å²) in [6.45, 7) is 12.1. The fraction of sp³-hybridized carbons (Fsp3) is 0.429. The first kappa shape index (κ1) is 26.4. The molecule has 0 spiro atoms. The summed E-state index contributed by atoms with van der Waals surface area (Å²) in [5.41, 5.74) is 5.03. The van der Waals surface area contributed by atoms with Crippen molar-refractivity contribution in [2.45, 2.75) is 47.0 Å². The van der Waals surface area contributed by atoms with E-state index in [0.717, 1.165) is 28.3 Å². The first-order valence-electron chi connectivity index (χ1n) is 12.4. The number of rotatable bonds is 3. The van der Waals surface area contributed by atoms with Gasteiger partial charge in [-0.25, -0.2) is 5.84 Å². The van der Waals surface area contributed by atoms with E-state index in [4.69, 9.17) is 10.3 Å². The molecule has 188 valence electrons. The van der Waals surface area contributed by atoms with Crippen LogP contribution < -0.4 is 16.6 Å². The molecule has 3 aliphatic rings. The van der Waals surface area contributed by atoms with Crippen molar-refractivity contribution in [1.29, 1.82) is 0 Å². The molecule has 3 fully saturated rings. The number of nitrogens with zero attached hydrogens (tertiary/aromatic N) is 1. The monoisotopic (exact) mass is 478 g/mol. The molecular weight excluding hydrogens is 440 g/mol. The van der Waals surface area contributed by atoms with E-state index in [1.807, 2.05) is 36.4 Å². The maximum absolute atomic E-state index is 11.6. The Morgan fingerprint density at radius 1 is 1.00 bits per heavy atom. The van der Waals surface area contributed by atoms with E-state index in [-0.39, 0.29) is 11.7 Å². The van der Waals surface area contributed by atoms with Crippen molar-refractivity contribution in [1.82, 2.24) is 10.3 Å². The summed E-state index contributed by atoms with van der Waals surface area (Å²) >= 11 is 0. The summed E-state index contributed by atoms with van der Waals surface area (Å²) in [5.74, 6) is 6.61. The summed E-state index contributed by atoms with van der Waals surface area (Å²) in [4.78, 5) is 25.4. The van der Waals surface area contributed by atoms with Crippen LogP contribution in [0.4, 0.5) is 5.69 Å². The highest BCUT2D eigenvalue weighted by atomic mass is 16.3. The molecule has 3 saturated heterocycles. The molecule has 4 heterocycles. The fourth-order valence-electron chi connectivity index (χ4n) is 4.31. The highest BCUT2D eigenvalue weighted by molar-refractivity contribution is 6.00. The second-order valence-corrected chi connectivity index (χ2v) is 9.88. The van der Waals surface area contributed by atoms with Crippen molar-refractivity contribution in [2.75, 3.05) is 25.0 Å². The molecule has 2 bridgehead atoms. The summed E-state index contributed by atoms with van der Waals surface area (Å²) in [5, 5.41) is 3.54. The van der Waals surface area contributed by atoms with E-state index in [1.165, 1.54) is 45.8 Å². The maximum Gasteiger partial charge on any atom is 0.300 e. The number of amides is 2. The zero-order valence-corrected chi connectivity index (χ0v) is 21.3. The van der Waals surface area contributed by atoms with Crippen LogP contribution in [0.1, 0.15) is 57.5 Å². The number of nitrogen functional groups attached to an aromatic ring is 1. The molecule has 3 aromatic rings. The van der Waals surface area contributed by atoms with Crippen LogP contribution in [-0.2, 0) is 4.79 Å². The van der Waals surface area contributed by atoms with Gasteiger partial charge in [-0.05, 0) is 74.5 Å². The van der Waals surface area contributed by atoms with Crippen LogP contribution in [0.3, 0.4) is 0 Å². The van der Waals surface area contributed by atoms with Gasteiger partial charge in [0.25, 0.3) is 0 Å². The predicted molar refractivity (Wildman–Crippen MR) is 142 cm³/mol. The number of furan rings is 1. The molecule has 0 unspecified atom stereocenters. The Labute approximate surface area is 208 Å². The second-order valence-electron chi connectivity index (χ2n) is 9.88. The molecule has 0 atom stereocenters. The first-order valence-corrected chi connectivity index (χ1v) is 12.4. The van der Waals surface area contributed by atoms with Gasteiger partial charge < -0.3 is 14.6 Å². The minimum atomic E-state index is -0.487. The molecule has 0 radical (unpaired) electrons. The van der Waals surface area contributed by atoms with Crippen molar-refractivity contribution in [2.24, 2.45) is 17.7 Å². The SMILES string of the molecule is C1CN2CCC1CC2.CC(=O)Nc1cccc(-c2cccc3cc(C(=O)NN)oc23)c1.CC(C)C. The van der Waals surface area contributed by atoms with Gasteiger partial charge in [-0.1, -0.05) is 51.1 Å². The summed E-state index contributed by atoms with van der Waals surface area (Å²) < 4.78 is 5.65. The third kappa shape index (κ3) is 7.67. The lowest BCUT2D eigenvalue weighted by Gasteiger charge is -2.38. The number of hydrogen-bond acceptors (Lipinski definition) is 5. The number of hydrazine groups is 1. The molecule has 0 aliphatic carbocycles. The number of nitrogens with two attached hydrogens (primary N) is 1. The Morgan fingerprint density at radius 2 is 1.63 bits per heavy atom. The Kier molecular flexibility index (Phi) is 9.46. The van der Waals surface area contributed by atoms with Gasteiger partial charge in [-0.2, -0.15) is 0 Å². The number of carbonyl (C=O) groups is 2. The molecule has 35 heavy (non-hydrogen) atoms. The zero-order valence-electron chi connectivity index (χ0n) is 21.3. The number of hydrogen-bond donors (Lipinski definition) is 3. The average Bonchev–Trinajstić information content (AvgIpc) is 3.29. The Hall–Kier alpha value is -3.16. The quantitative estimate of drug-likeness (QED) is 0.265. The van der Waals surface area contributed by atoms with Gasteiger partial charge in [0.05, 0.1) is 0 Å². The van der Waals surface area contributed by atoms with E-state index in [0.29, 0.717) is 11.3 Å². The lowest BCUT2D eigenvalue weighted by molar-refractivity contribution is -0.114. The molecule has 6 rings (SSSR count). The predicted octanol–water partition coefficient (Wildman–Crippen LogP) is 5.43. The number of fused-ring (bicyclic) bond motifs is 4. The first-order chi connectivity index (χ1) is 16.8. The highest BCUT2D eigenvalue weighted by Gasteiger charge is 2.24. The van der Waals surface area contributed by atoms with Crippen molar-refractivity contribution in [3.63, 3.8) is 0 Å². The molecule has 3 aliphatic heterocycles. The van der Waals surface area contributed by atoms with Crippen molar-refractivity contribution in [3.05, 3.63) is 54.3 Å². The molecular formula is C28H38N4O3. The van der Waals surface area contributed by atoms with Crippen molar-refractivity contribution >= 4 is 28.5 Å². The Morgan fingerprint density at radius 3 is 2.14 bits per heavy atom. The third-order valence-electron chi connectivity index (χ3n) is 5.95. The second kappa shape index (κ2) is 12.5. The van der Waals surface area contributed by atoms with Crippen molar-refractivity contribution in [3.8, 4) is 11.1 Å². The van der Waals surface area contributed by atoms with Gasteiger partial charge in [0.1, 0.15) is 5.58 Å². The van der Waals surface area contributed by atoms with Crippen LogP contribution in [0.25, 0.3) is 22.1 Å². The van der Waals surface area contributed by atoms with Gasteiger partial charge in [-0.15, -0.1) is 0 Å².